The first kappa shape index (κ1) is 14.4. The Morgan fingerprint density at radius 2 is 1.87 bits per heavy atom. The second-order valence-corrected chi connectivity index (χ2v) is 3.48. The SMILES string of the molecule is CCCCCCCOC(=O)COCCN. The van der Waals surface area contributed by atoms with E-state index in [1.165, 1.54) is 19.3 Å². The van der Waals surface area contributed by atoms with Crippen LogP contribution in [0.1, 0.15) is 39.0 Å². The molecule has 0 atom stereocenters. The molecule has 0 aromatic rings. The van der Waals surface area contributed by atoms with Crippen LogP contribution < -0.4 is 5.73 Å². The molecule has 0 aromatic heterocycles. The highest BCUT2D eigenvalue weighted by atomic mass is 16.6. The first-order chi connectivity index (χ1) is 7.31. The van der Waals surface area contributed by atoms with Crippen LogP contribution in [0, 0.1) is 0 Å². The number of carbonyl (C=O) groups excluding carboxylic acids is 1. The highest BCUT2D eigenvalue weighted by molar-refractivity contribution is 5.70. The molecule has 15 heavy (non-hydrogen) atoms. The fourth-order valence-corrected chi connectivity index (χ4v) is 1.17. The van der Waals surface area contributed by atoms with Gasteiger partial charge in [0.25, 0.3) is 0 Å². The summed E-state index contributed by atoms with van der Waals surface area (Å²) in [7, 11) is 0. The van der Waals surface area contributed by atoms with Gasteiger partial charge in [-0.1, -0.05) is 32.6 Å². The quantitative estimate of drug-likeness (QED) is 0.444. The molecule has 0 unspecified atom stereocenters. The Morgan fingerprint density at radius 3 is 2.53 bits per heavy atom. The van der Waals surface area contributed by atoms with Gasteiger partial charge >= 0.3 is 5.97 Å². The molecule has 0 saturated heterocycles. The zero-order valence-electron chi connectivity index (χ0n) is 9.67. The highest BCUT2D eigenvalue weighted by Crippen LogP contribution is 2.02. The molecule has 0 radical (unpaired) electrons. The van der Waals surface area contributed by atoms with E-state index >= 15 is 0 Å². The smallest absolute Gasteiger partial charge is 0.332 e. The monoisotopic (exact) mass is 217 g/mol. The van der Waals surface area contributed by atoms with Crippen molar-refractivity contribution < 1.29 is 14.3 Å². The van der Waals surface area contributed by atoms with Crippen molar-refractivity contribution in [3.05, 3.63) is 0 Å². The van der Waals surface area contributed by atoms with Crippen molar-refractivity contribution in [3.8, 4) is 0 Å². The number of nitrogens with two attached hydrogens (primary N) is 1. The Balaban J connectivity index is 3.10. The topological polar surface area (TPSA) is 61.5 Å². The molecule has 0 amide bonds. The van der Waals surface area contributed by atoms with Crippen LogP contribution >= 0.6 is 0 Å². The van der Waals surface area contributed by atoms with Crippen LogP contribution in [0.5, 0.6) is 0 Å². The summed E-state index contributed by atoms with van der Waals surface area (Å²) < 4.78 is 9.90. The molecule has 4 heteroatoms. The number of hydrogen-bond donors (Lipinski definition) is 1. The van der Waals surface area contributed by atoms with Gasteiger partial charge in [0, 0.05) is 6.54 Å². The first-order valence-electron chi connectivity index (χ1n) is 5.74. The van der Waals surface area contributed by atoms with Crippen LogP contribution in [0.4, 0.5) is 0 Å². The van der Waals surface area contributed by atoms with Crippen LogP contribution in [0.3, 0.4) is 0 Å². The minimum atomic E-state index is -0.293. The third-order valence-electron chi connectivity index (χ3n) is 1.99. The van der Waals surface area contributed by atoms with Crippen molar-refractivity contribution in [2.75, 3.05) is 26.4 Å². The first-order valence-corrected chi connectivity index (χ1v) is 5.74. The van der Waals surface area contributed by atoms with Crippen LogP contribution in [-0.2, 0) is 14.3 Å². The Labute approximate surface area is 92.1 Å². The molecule has 0 heterocycles. The van der Waals surface area contributed by atoms with E-state index in [1.807, 2.05) is 0 Å². The van der Waals surface area contributed by atoms with E-state index < -0.39 is 0 Å². The average Bonchev–Trinajstić information content (AvgIpc) is 2.23. The Bertz CT molecular complexity index is 151. The summed E-state index contributed by atoms with van der Waals surface area (Å²) in [6.45, 7) is 3.55. The van der Waals surface area contributed by atoms with Crippen molar-refractivity contribution in [1.29, 1.82) is 0 Å². The number of rotatable bonds is 10. The predicted molar refractivity (Wildman–Crippen MR) is 59.6 cm³/mol. The molecule has 0 saturated carbocycles. The maximum Gasteiger partial charge on any atom is 0.332 e. The van der Waals surface area contributed by atoms with Gasteiger partial charge in [-0.15, -0.1) is 0 Å². The summed E-state index contributed by atoms with van der Waals surface area (Å²) in [6.07, 6.45) is 5.78. The molecular formula is C11H23NO3. The summed E-state index contributed by atoms with van der Waals surface area (Å²) >= 11 is 0. The number of esters is 1. The third-order valence-corrected chi connectivity index (χ3v) is 1.99. The van der Waals surface area contributed by atoms with E-state index in [9.17, 15) is 4.79 Å². The molecular weight excluding hydrogens is 194 g/mol. The van der Waals surface area contributed by atoms with E-state index in [2.05, 4.69) is 6.92 Å². The predicted octanol–water partition coefficient (Wildman–Crippen LogP) is 1.48. The largest absolute Gasteiger partial charge is 0.464 e. The molecule has 0 aliphatic heterocycles. The van der Waals surface area contributed by atoms with Gasteiger partial charge in [0.2, 0.25) is 0 Å². The molecule has 0 aliphatic carbocycles. The lowest BCUT2D eigenvalue weighted by Crippen LogP contribution is -2.17. The lowest BCUT2D eigenvalue weighted by molar-refractivity contribution is -0.148. The zero-order valence-corrected chi connectivity index (χ0v) is 9.67. The number of hydrogen-bond acceptors (Lipinski definition) is 4. The van der Waals surface area contributed by atoms with E-state index in [1.54, 1.807) is 0 Å². The third kappa shape index (κ3) is 11.3. The van der Waals surface area contributed by atoms with Crippen molar-refractivity contribution >= 4 is 5.97 Å². The Morgan fingerprint density at radius 1 is 1.13 bits per heavy atom. The Hall–Kier alpha value is -0.610. The number of carbonyl (C=O) groups is 1. The summed E-state index contributed by atoms with van der Waals surface area (Å²) in [5.41, 5.74) is 5.21. The van der Waals surface area contributed by atoms with E-state index in [4.69, 9.17) is 15.2 Å². The summed E-state index contributed by atoms with van der Waals surface area (Å²) in [5.74, 6) is -0.293. The van der Waals surface area contributed by atoms with E-state index in [0.29, 0.717) is 19.8 Å². The molecule has 0 spiro atoms. The van der Waals surface area contributed by atoms with E-state index in [-0.39, 0.29) is 12.6 Å². The van der Waals surface area contributed by atoms with Crippen LogP contribution in [0.15, 0.2) is 0 Å². The Kier molecular flexibility index (Phi) is 11.0. The minimum Gasteiger partial charge on any atom is -0.464 e. The fraction of sp³-hybridized carbons (Fsp3) is 0.909. The second-order valence-electron chi connectivity index (χ2n) is 3.48. The van der Waals surface area contributed by atoms with Gasteiger partial charge in [-0.25, -0.2) is 4.79 Å². The van der Waals surface area contributed by atoms with Crippen LogP contribution in [0.2, 0.25) is 0 Å². The van der Waals surface area contributed by atoms with Crippen molar-refractivity contribution in [3.63, 3.8) is 0 Å². The molecule has 90 valence electrons. The fourth-order valence-electron chi connectivity index (χ4n) is 1.17. The molecule has 2 N–H and O–H groups in total. The lowest BCUT2D eigenvalue weighted by atomic mass is 10.2. The zero-order chi connectivity index (χ0) is 11.4. The minimum absolute atomic E-state index is 0.0200. The van der Waals surface area contributed by atoms with Gasteiger partial charge in [-0.2, -0.15) is 0 Å². The summed E-state index contributed by atoms with van der Waals surface area (Å²) in [4.78, 5) is 11.0. The normalized spacial score (nSPS) is 10.3. The molecule has 0 rings (SSSR count). The van der Waals surface area contributed by atoms with Crippen LogP contribution in [0.25, 0.3) is 0 Å². The molecule has 0 aliphatic rings. The van der Waals surface area contributed by atoms with Crippen molar-refractivity contribution in [1.82, 2.24) is 0 Å². The lowest BCUT2D eigenvalue weighted by Gasteiger charge is -2.04. The highest BCUT2D eigenvalue weighted by Gasteiger charge is 2.01. The standard InChI is InChI=1S/C11H23NO3/c1-2-3-4-5-6-8-15-11(13)10-14-9-7-12/h2-10,12H2,1H3. The number of ether oxygens (including phenoxy) is 2. The van der Waals surface area contributed by atoms with E-state index in [0.717, 1.165) is 12.8 Å². The molecule has 0 bridgehead atoms. The van der Waals surface area contributed by atoms with Gasteiger partial charge in [0.15, 0.2) is 0 Å². The summed E-state index contributed by atoms with van der Waals surface area (Å²) in [6, 6.07) is 0. The van der Waals surface area contributed by atoms with Gasteiger partial charge < -0.3 is 15.2 Å². The van der Waals surface area contributed by atoms with Gasteiger partial charge in [0.05, 0.1) is 13.2 Å². The number of unbranched alkanes of at least 4 members (excludes halogenated alkanes) is 4. The second kappa shape index (κ2) is 11.5. The average molecular weight is 217 g/mol. The van der Waals surface area contributed by atoms with Crippen molar-refractivity contribution in [2.45, 2.75) is 39.0 Å². The van der Waals surface area contributed by atoms with Gasteiger partial charge in [0.1, 0.15) is 6.61 Å². The molecule has 4 nitrogen and oxygen atoms in total. The van der Waals surface area contributed by atoms with Gasteiger partial charge in [-0.05, 0) is 6.42 Å². The summed E-state index contributed by atoms with van der Waals surface area (Å²) in [5, 5.41) is 0. The van der Waals surface area contributed by atoms with Gasteiger partial charge in [-0.3, -0.25) is 0 Å². The molecule has 0 aromatic carbocycles. The molecule has 0 fully saturated rings. The maximum absolute atomic E-state index is 11.0. The maximum atomic E-state index is 11.0. The van der Waals surface area contributed by atoms with Crippen LogP contribution in [-0.4, -0.2) is 32.3 Å². The van der Waals surface area contributed by atoms with Crippen molar-refractivity contribution in [2.24, 2.45) is 5.73 Å².